The van der Waals surface area contributed by atoms with Crippen LogP contribution >= 0.6 is 11.6 Å². The Bertz CT molecular complexity index is 1400. The molecule has 0 aliphatic carbocycles. The number of hydrogen-bond donors (Lipinski definition) is 1. The zero-order chi connectivity index (χ0) is 29.8. The summed E-state index contributed by atoms with van der Waals surface area (Å²) in [6, 6.07) is 10.3. The number of aliphatic hydroxyl groups excluding tert-OH is 1. The minimum Gasteiger partial charge on any atom is -0.392 e. The second-order valence-electron chi connectivity index (χ2n) is 9.15. The topological polar surface area (TPSA) is 56.7 Å². The molecule has 0 bridgehead atoms. The van der Waals surface area contributed by atoms with Gasteiger partial charge in [0.05, 0.1) is 22.8 Å². The smallest absolute Gasteiger partial charge is 0.392 e. The number of hydrogen-bond acceptors (Lipinski definition) is 4. The summed E-state index contributed by atoms with van der Waals surface area (Å²) in [7, 11) is 0. The van der Waals surface area contributed by atoms with Gasteiger partial charge in [-0.1, -0.05) is 60.2 Å². The van der Waals surface area contributed by atoms with E-state index in [1.165, 1.54) is 23.2 Å². The molecule has 1 N–H and O–H groups in total. The van der Waals surface area contributed by atoms with Crippen LogP contribution in [0.2, 0.25) is 5.02 Å². The van der Waals surface area contributed by atoms with E-state index in [0.717, 1.165) is 54.6 Å². The predicted molar refractivity (Wildman–Crippen MR) is 143 cm³/mol. The van der Waals surface area contributed by atoms with Crippen molar-refractivity contribution in [1.82, 2.24) is 9.88 Å². The zero-order valence-electron chi connectivity index (χ0n) is 21.4. The Morgan fingerprint density at radius 1 is 0.902 bits per heavy atom. The SMILES string of the molecule is O=C(C=CC=C(c1ccccc1C(F)(F)F)c1ccccc1C(F)(F)F)N1CCN(c2ncc(CO)cc2Cl)CC1. The highest BCUT2D eigenvalue weighted by molar-refractivity contribution is 6.33. The molecular formula is C29H24ClF6N3O2. The Hall–Kier alpha value is -3.83. The van der Waals surface area contributed by atoms with E-state index in [2.05, 4.69) is 4.98 Å². The van der Waals surface area contributed by atoms with Crippen LogP contribution in [0, 0.1) is 0 Å². The van der Waals surface area contributed by atoms with Gasteiger partial charge in [0.25, 0.3) is 0 Å². The van der Waals surface area contributed by atoms with Gasteiger partial charge in [-0.3, -0.25) is 4.79 Å². The summed E-state index contributed by atoms with van der Waals surface area (Å²) in [6.07, 6.45) is -4.77. The summed E-state index contributed by atoms with van der Waals surface area (Å²) >= 11 is 6.26. The van der Waals surface area contributed by atoms with Crippen LogP contribution in [0.1, 0.15) is 27.8 Å². The first-order chi connectivity index (χ1) is 19.4. The first kappa shape index (κ1) is 30.1. The molecule has 1 amide bonds. The highest BCUT2D eigenvalue weighted by atomic mass is 35.5. The number of amides is 1. The fourth-order valence-corrected chi connectivity index (χ4v) is 4.82. The number of aromatic nitrogens is 1. The summed E-state index contributed by atoms with van der Waals surface area (Å²) in [5, 5.41) is 9.58. The largest absolute Gasteiger partial charge is 0.417 e. The lowest BCUT2D eigenvalue weighted by atomic mass is 9.90. The number of benzene rings is 2. The minimum atomic E-state index is -4.82. The highest BCUT2D eigenvalue weighted by Gasteiger charge is 2.37. The summed E-state index contributed by atoms with van der Waals surface area (Å²) in [6.45, 7) is 1.15. The Balaban J connectivity index is 1.60. The van der Waals surface area contributed by atoms with E-state index in [1.54, 1.807) is 6.07 Å². The van der Waals surface area contributed by atoms with Crippen LogP contribution in [0.5, 0.6) is 0 Å². The molecule has 0 saturated carbocycles. The second-order valence-corrected chi connectivity index (χ2v) is 9.55. The van der Waals surface area contributed by atoms with Gasteiger partial charge >= 0.3 is 12.4 Å². The predicted octanol–water partition coefficient (Wildman–Crippen LogP) is 6.60. The van der Waals surface area contributed by atoms with E-state index in [4.69, 9.17) is 11.6 Å². The molecule has 1 aliphatic rings. The molecule has 0 spiro atoms. The van der Waals surface area contributed by atoms with Crippen molar-refractivity contribution in [2.75, 3.05) is 31.1 Å². The Labute approximate surface area is 237 Å². The number of piperazine rings is 1. The fraction of sp³-hybridized carbons (Fsp3) is 0.241. The normalized spacial score (nSPS) is 14.4. The monoisotopic (exact) mass is 595 g/mol. The second kappa shape index (κ2) is 12.4. The van der Waals surface area contributed by atoms with Crippen molar-refractivity contribution >= 4 is 28.9 Å². The third kappa shape index (κ3) is 7.09. The molecular weight excluding hydrogens is 572 g/mol. The maximum atomic E-state index is 13.8. The first-order valence-corrected chi connectivity index (χ1v) is 12.8. The van der Waals surface area contributed by atoms with Crippen molar-refractivity contribution in [1.29, 1.82) is 0 Å². The van der Waals surface area contributed by atoms with Gasteiger partial charge in [0.2, 0.25) is 5.91 Å². The molecule has 2 aromatic carbocycles. The number of rotatable bonds is 6. The summed E-state index contributed by atoms with van der Waals surface area (Å²) in [5.41, 5.74) is -2.86. The van der Waals surface area contributed by atoms with Crippen LogP contribution in [0.4, 0.5) is 32.2 Å². The Morgan fingerprint density at radius 3 is 1.93 bits per heavy atom. The summed E-state index contributed by atoms with van der Waals surface area (Å²) in [4.78, 5) is 20.5. The quantitative estimate of drug-likeness (QED) is 0.198. The molecule has 4 rings (SSSR count). The number of pyridine rings is 1. The molecule has 2 heterocycles. The highest BCUT2D eigenvalue weighted by Crippen LogP contribution is 2.41. The number of carbonyl (C=O) groups excluding carboxylic acids is 1. The van der Waals surface area contributed by atoms with Crippen molar-refractivity contribution in [3.05, 3.63) is 112 Å². The zero-order valence-corrected chi connectivity index (χ0v) is 22.1. The number of anilines is 1. The fourth-order valence-electron chi connectivity index (χ4n) is 4.52. The maximum Gasteiger partial charge on any atom is 0.417 e. The van der Waals surface area contributed by atoms with E-state index in [9.17, 15) is 36.2 Å². The molecule has 1 aliphatic heterocycles. The van der Waals surface area contributed by atoms with Crippen molar-refractivity contribution in [2.45, 2.75) is 19.0 Å². The van der Waals surface area contributed by atoms with Crippen LogP contribution in [0.25, 0.3) is 5.57 Å². The third-order valence-corrected chi connectivity index (χ3v) is 6.78. The third-order valence-electron chi connectivity index (χ3n) is 6.50. The van der Waals surface area contributed by atoms with Crippen molar-refractivity contribution < 1.29 is 36.2 Å². The van der Waals surface area contributed by atoms with E-state index in [1.807, 2.05) is 4.90 Å². The number of aliphatic hydroxyl groups is 1. The standard InChI is InChI=1S/C29H24ClF6N3O2/c30-25-16-19(18-40)17-37-27(25)39-14-12-38(13-15-39)26(41)11-5-8-20(21-6-1-3-9-23(21)28(31,32)33)22-7-2-4-10-24(22)29(34,35)36/h1-11,16-17,40H,12-15,18H2. The number of carbonyl (C=O) groups is 1. The molecule has 1 aromatic heterocycles. The molecule has 5 nitrogen and oxygen atoms in total. The van der Waals surface area contributed by atoms with Crippen LogP contribution < -0.4 is 4.90 Å². The summed E-state index contributed by atoms with van der Waals surface area (Å²) < 4.78 is 82.9. The molecule has 3 aromatic rings. The van der Waals surface area contributed by atoms with Crippen molar-refractivity contribution in [3.8, 4) is 0 Å². The Kier molecular flexibility index (Phi) is 9.08. The number of alkyl halides is 6. The molecule has 0 atom stereocenters. The van der Waals surface area contributed by atoms with Gasteiger partial charge in [-0.05, 0) is 40.5 Å². The van der Waals surface area contributed by atoms with Crippen molar-refractivity contribution in [3.63, 3.8) is 0 Å². The van der Waals surface area contributed by atoms with Gasteiger partial charge in [0.1, 0.15) is 5.82 Å². The summed E-state index contributed by atoms with van der Waals surface area (Å²) in [5.74, 6) is 0.0499. The molecule has 0 radical (unpaired) electrons. The minimum absolute atomic E-state index is 0.207. The lowest BCUT2D eigenvalue weighted by Gasteiger charge is -2.35. The van der Waals surface area contributed by atoms with Gasteiger partial charge in [-0.25, -0.2) is 4.98 Å². The van der Waals surface area contributed by atoms with Gasteiger partial charge in [0, 0.05) is 38.5 Å². The Morgan fingerprint density at radius 2 is 1.44 bits per heavy atom. The molecule has 1 fully saturated rings. The van der Waals surface area contributed by atoms with Crippen LogP contribution in [0.15, 0.2) is 79.0 Å². The van der Waals surface area contributed by atoms with Crippen LogP contribution in [0.3, 0.4) is 0 Å². The molecule has 1 saturated heterocycles. The first-order valence-electron chi connectivity index (χ1n) is 12.4. The molecule has 12 heteroatoms. The van der Waals surface area contributed by atoms with Crippen molar-refractivity contribution in [2.24, 2.45) is 0 Å². The van der Waals surface area contributed by atoms with E-state index < -0.39 is 40.5 Å². The van der Waals surface area contributed by atoms with E-state index in [-0.39, 0.29) is 25.3 Å². The number of nitrogens with zero attached hydrogens (tertiary/aromatic N) is 3. The van der Waals surface area contributed by atoms with Gasteiger partial charge in [-0.15, -0.1) is 0 Å². The average Bonchev–Trinajstić information content (AvgIpc) is 2.94. The van der Waals surface area contributed by atoms with Gasteiger partial charge in [0.15, 0.2) is 0 Å². The number of halogens is 7. The van der Waals surface area contributed by atoms with Crippen LogP contribution in [-0.2, 0) is 23.8 Å². The average molecular weight is 596 g/mol. The maximum absolute atomic E-state index is 13.8. The molecule has 41 heavy (non-hydrogen) atoms. The molecule has 216 valence electrons. The lowest BCUT2D eigenvalue weighted by Crippen LogP contribution is -2.48. The van der Waals surface area contributed by atoms with Crippen LogP contribution in [-0.4, -0.2) is 47.1 Å². The van der Waals surface area contributed by atoms with Gasteiger partial charge in [-0.2, -0.15) is 26.3 Å². The lowest BCUT2D eigenvalue weighted by molar-refractivity contribution is -0.138. The van der Waals surface area contributed by atoms with Gasteiger partial charge < -0.3 is 14.9 Å². The van der Waals surface area contributed by atoms with E-state index >= 15 is 0 Å². The number of allylic oxidation sites excluding steroid dienone is 2. The molecule has 0 unspecified atom stereocenters. The van der Waals surface area contributed by atoms with E-state index in [0.29, 0.717) is 29.5 Å².